The fourth-order valence-electron chi connectivity index (χ4n) is 3.65. The summed E-state index contributed by atoms with van der Waals surface area (Å²) in [5, 5.41) is 18.3. The van der Waals surface area contributed by atoms with Crippen molar-refractivity contribution in [1.82, 2.24) is 10.5 Å². The van der Waals surface area contributed by atoms with Crippen molar-refractivity contribution in [3.8, 4) is 11.5 Å². The number of hydrogen-bond donors (Lipinski definition) is 3. The van der Waals surface area contributed by atoms with Gasteiger partial charge in [-0.15, -0.1) is 0 Å². The van der Waals surface area contributed by atoms with Crippen molar-refractivity contribution < 1.29 is 19.8 Å². The molecule has 1 aromatic heterocycles. The van der Waals surface area contributed by atoms with E-state index in [9.17, 15) is 10.0 Å². The molecule has 3 rings (SSSR count). The molecule has 0 aliphatic rings. The first-order valence-electron chi connectivity index (χ1n) is 10.8. The predicted molar refractivity (Wildman–Crippen MR) is 140 cm³/mol. The highest BCUT2D eigenvalue weighted by Gasteiger charge is 2.16. The Morgan fingerprint density at radius 2 is 1.79 bits per heavy atom. The van der Waals surface area contributed by atoms with Gasteiger partial charge in [0.05, 0.1) is 15.4 Å². The van der Waals surface area contributed by atoms with Gasteiger partial charge in [0.15, 0.2) is 5.75 Å². The van der Waals surface area contributed by atoms with Crippen LogP contribution in [0.3, 0.4) is 0 Å². The summed E-state index contributed by atoms with van der Waals surface area (Å²) >= 11 is 7.03. The van der Waals surface area contributed by atoms with Crippen LogP contribution in [0.2, 0.25) is 0 Å². The van der Waals surface area contributed by atoms with E-state index in [1.54, 1.807) is 24.5 Å². The summed E-state index contributed by atoms with van der Waals surface area (Å²) in [5.74, 6) is 0.562. The minimum Gasteiger partial charge on any atom is -0.481 e. The Balaban J connectivity index is 2.05. The quantitative estimate of drug-likeness (QED) is 0.224. The second kappa shape index (κ2) is 12.3. The monoisotopic (exact) mass is 588 g/mol. The van der Waals surface area contributed by atoms with Gasteiger partial charge in [-0.25, -0.2) is 5.48 Å². The zero-order chi connectivity index (χ0) is 24.7. The zero-order valence-corrected chi connectivity index (χ0v) is 22.1. The Hall–Kier alpha value is -2.52. The third-order valence-corrected chi connectivity index (χ3v) is 6.37. The summed E-state index contributed by atoms with van der Waals surface area (Å²) in [4.78, 5) is 15.1. The molecule has 0 saturated carbocycles. The fourth-order valence-corrected chi connectivity index (χ4v) is 5.09. The Morgan fingerprint density at radius 1 is 1.12 bits per heavy atom. The van der Waals surface area contributed by atoms with Gasteiger partial charge in [0.2, 0.25) is 0 Å². The maximum absolute atomic E-state index is 11.1. The van der Waals surface area contributed by atoms with E-state index >= 15 is 0 Å². The molecule has 1 heterocycles. The number of aliphatic carboxylic acids is 1. The molecule has 0 fully saturated rings. The molecule has 0 radical (unpaired) electrons. The summed E-state index contributed by atoms with van der Waals surface area (Å²) < 4.78 is 7.61. The van der Waals surface area contributed by atoms with Crippen LogP contribution in [0.5, 0.6) is 11.5 Å². The number of ether oxygens (including phenoxy) is 1. The molecule has 6 nitrogen and oxygen atoms in total. The zero-order valence-electron chi connectivity index (χ0n) is 18.9. The molecular formula is C26H26Br2N2O4. The first-order valence-corrected chi connectivity index (χ1v) is 12.4. The Labute approximate surface area is 215 Å². The lowest BCUT2D eigenvalue weighted by atomic mass is 9.90. The van der Waals surface area contributed by atoms with Crippen molar-refractivity contribution in [1.29, 1.82) is 0 Å². The Kier molecular flexibility index (Phi) is 9.41. The highest BCUT2D eigenvalue weighted by Crippen LogP contribution is 2.40. The van der Waals surface area contributed by atoms with Crippen molar-refractivity contribution in [3.05, 3.63) is 85.6 Å². The van der Waals surface area contributed by atoms with Crippen LogP contribution < -0.4 is 10.2 Å². The minimum atomic E-state index is -0.896. The maximum atomic E-state index is 11.1. The number of carboxylic acids is 1. The van der Waals surface area contributed by atoms with Crippen LogP contribution in [-0.2, 0) is 17.6 Å². The summed E-state index contributed by atoms with van der Waals surface area (Å²) in [6.45, 7) is 4.67. The van der Waals surface area contributed by atoms with Gasteiger partial charge in [-0.3, -0.25) is 9.78 Å². The number of nitrogens with one attached hydrogen (secondary N) is 1. The standard InChI is InChI=1S/C26H26Br2N2O4/c1-16(2)22-15-20(34-26-23(27)11-18(12-24(26)28)13-25(31)32)14-19(21(22)7-10-30-33)4-3-17-5-8-29-9-6-17/h3-6,8-9,11-12,14-16,30,33H,7,10,13H2,1-2H3,(H,31,32)/b4-3+. The molecule has 0 aliphatic heterocycles. The number of aromatic nitrogens is 1. The topological polar surface area (TPSA) is 91.7 Å². The van der Waals surface area contributed by atoms with E-state index in [1.807, 2.05) is 36.4 Å². The van der Waals surface area contributed by atoms with Gasteiger partial charge in [-0.1, -0.05) is 26.0 Å². The molecule has 8 heteroatoms. The van der Waals surface area contributed by atoms with Crippen molar-refractivity contribution in [2.75, 3.05) is 6.54 Å². The third kappa shape index (κ3) is 6.99. The Morgan fingerprint density at radius 3 is 2.38 bits per heavy atom. The molecular weight excluding hydrogens is 564 g/mol. The van der Waals surface area contributed by atoms with Gasteiger partial charge in [-0.2, -0.15) is 0 Å². The van der Waals surface area contributed by atoms with Crippen LogP contribution in [0, 0.1) is 0 Å². The predicted octanol–water partition coefficient (Wildman–Crippen LogP) is 6.84. The number of hydroxylamine groups is 1. The number of nitrogens with zero attached hydrogens (tertiary/aromatic N) is 1. The van der Waals surface area contributed by atoms with Crippen LogP contribution >= 0.6 is 31.9 Å². The molecule has 3 N–H and O–H groups in total. The molecule has 0 unspecified atom stereocenters. The number of pyridine rings is 1. The molecule has 0 amide bonds. The number of rotatable bonds is 10. The van der Waals surface area contributed by atoms with E-state index in [0.29, 0.717) is 39.0 Å². The molecule has 34 heavy (non-hydrogen) atoms. The maximum Gasteiger partial charge on any atom is 0.307 e. The summed E-state index contributed by atoms with van der Waals surface area (Å²) in [6, 6.07) is 11.4. The van der Waals surface area contributed by atoms with Crippen LogP contribution in [0.4, 0.5) is 0 Å². The molecule has 0 aliphatic carbocycles. The normalized spacial score (nSPS) is 11.4. The lowest BCUT2D eigenvalue weighted by Gasteiger charge is -2.19. The average molecular weight is 590 g/mol. The van der Waals surface area contributed by atoms with Crippen molar-refractivity contribution in [3.63, 3.8) is 0 Å². The second-order valence-electron chi connectivity index (χ2n) is 8.07. The first kappa shape index (κ1) is 26.1. The lowest BCUT2D eigenvalue weighted by molar-refractivity contribution is -0.136. The number of hydrogen-bond acceptors (Lipinski definition) is 5. The number of benzene rings is 2. The summed E-state index contributed by atoms with van der Waals surface area (Å²) in [6.07, 6.45) is 8.13. The molecule has 0 saturated heterocycles. The van der Waals surface area contributed by atoms with E-state index in [1.165, 1.54) is 0 Å². The van der Waals surface area contributed by atoms with E-state index in [4.69, 9.17) is 9.84 Å². The number of carbonyl (C=O) groups is 1. The fraction of sp³-hybridized carbons (Fsp3) is 0.231. The molecule has 0 atom stereocenters. The first-order chi connectivity index (χ1) is 16.3. The highest BCUT2D eigenvalue weighted by molar-refractivity contribution is 9.11. The van der Waals surface area contributed by atoms with Crippen LogP contribution in [0.15, 0.2) is 57.7 Å². The summed E-state index contributed by atoms with van der Waals surface area (Å²) in [7, 11) is 0. The second-order valence-corrected chi connectivity index (χ2v) is 9.78. The van der Waals surface area contributed by atoms with Crippen LogP contribution in [-0.4, -0.2) is 27.8 Å². The number of carboxylic acid groups (broad SMARTS) is 1. The van der Waals surface area contributed by atoms with Gasteiger partial charge in [0, 0.05) is 18.9 Å². The van der Waals surface area contributed by atoms with Gasteiger partial charge < -0.3 is 15.1 Å². The van der Waals surface area contributed by atoms with Gasteiger partial charge >= 0.3 is 5.97 Å². The molecule has 2 aromatic carbocycles. The third-order valence-electron chi connectivity index (χ3n) is 5.20. The van der Waals surface area contributed by atoms with Gasteiger partial charge in [0.1, 0.15) is 5.75 Å². The lowest BCUT2D eigenvalue weighted by Crippen LogP contribution is -2.14. The number of halogens is 2. The van der Waals surface area contributed by atoms with Crippen LogP contribution in [0.25, 0.3) is 12.2 Å². The largest absolute Gasteiger partial charge is 0.481 e. The molecule has 3 aromatic rings. The summed E-state index contributed by atoms with van der Waals surface area (Å²) in [5.41, 5.74) is 7.18. The van der Waals surface area contributed by atoms with E-state index in [2.05, 4.69) is 56.2 Å². The van der Waals surface area contributed by atoms with Gasteiger partial charge in [0.25, 0.3) is 0 Å². The van der Waals surface area contributed by atoms with Crippen molar-refractivity contribution >= 4 is 50.0 Å². The van der Waals surface area contributed by atoms with Crippen molar-refractivity contribution in [2.45, 2.75) is 32.6 Å². The van der Waals surface area contributed by atoms with E-state index in [-0.39, 0.29) is 12.3 Å². The van der Waals surface area contributed by atoms with E-state index in [0.717, 1.165) is 22.3 Å². The van der Waals surface area contributed by atoms with Gasteiger partial charge in [-0.05, 0) is 108 Å². The smallest absolute Gasteiger partial charge is 0.307 e. The molecule has 0 spiro atoms. The minimum absolute atomic E-state index is 0.0769. The van der Waals surface area contributed by atoms with Crippen LogP contribution in [0.1, 0.15) is 47.6 Å². The SMILES string of the molecule is CC(C)c1cc(Oc2c(Br)cc(CC(=O)O)cc2Br)cc(/C=C/c2ccncc2)c1CCNO. The van der Waals surface area contributed by atoms with Crippen molar-refractivity contribution in [2.24, 2.45) is 0 Å². The highest BCUT2D eigenvalue weighted by atomic mass is 79.9. The molecule has 178 valence electrons. The Bertz CT molecular complexity index is 1160. The van der Waals surface area contributed by atoms with E-state index < -0.39 is 5.97 Å². The average Bonchev–Trinajstić information content (AvgIpc) is 2.79. The molecule has 0 bridgehead atoms.